The Labute approximate surface area is 103 Å². The number of halogens is 1. The molecule has 1 atom stereocenters. The fourth-order valence-electron chi connectivity index (χ4n) is 2.02. The van der Waals surface area contributed by atoms with Gasteiger partial charge in [0.05, 0.1) is 6.04 Å². The van der Waals surface area contributed by atoms with Crippen LogP contribution in [-0.4, -0.2) is 65.9 Å². The summed E-state index contributed by atoms with van der Waals surface area (Å²) in [4.78, 5) is 37.2. The number of nitrogens with zero attached hydrogens (tertiary/aromatic N) is 2. The average molecular weight is 261 g/mol. The van der Waals surface area contributed by atoms with Crippen LogP contribution in [0.4, 0.5) is 9.59 Å². The van der Waals surface area contributed by atoms with Crippen molar-refractivity contribution in [2.75, 3.05) is 32.1 Å². The molecule has 2 saturated heterocycles. The Morgan fingerprint density at radius 1 is 1.47 bits per heavy atom. The summed E-state index contributed by atoms with van der Waals surface area (Å²) in [7, 11) is 0. The minimum atomic E-state index is -0.514. The van der Waals surface area contributed by atoms with Crippen molar-refractivity contribution in [3.8, 4) is 0 Å². The van der Waals surface area contributed by atoms with Gasteiger partial charge in [0.1, 0.15) is 5.88 Å². The van der Waals surface area contributed by atoms with Gasteiger partial charge in [-0.25, -0.2) is 9.59 Å². The Balaban J connectivity index is 1.90. The molecule has 2 aliphatic heterocycles. The summed E-state index contributed by atoms with van der Waals surface area (Å²) < 4.78 is 0. The number of piperazine rings is 1. The van der Waals surface area contributed by atoms with Gasteiger partial charge in [-0.15, -0.1) is 11.6 Å². The Morgan fingerprint density at radius 2 is 2.24 bits per heavy atom. The van der Waals surface area contributed by atoms with Crippen LogP contribution in [-0.2, 0) is 4.79 Å². The lowest BCUT2D eigenvalue weighted by molar-refractivity contribution is -0.117. The van der Waals surface area contributed by atoms with Crippen LogP contribution in [0.15, 0.2) is 0 Å². The predicted molar refractivity (Wildman–Crippen MR) is 59.7 cm³/mol. The van der Waals surface area contributed by atoms with Crippen LogP contribution in [0.1, 0.15) is 0 Å². The third-order valence-electron chi connectivity index (χ3n) is 2.89. The van der Waals surface area contributed by atoms with Crippen molar-refractivity contribution in [2.24, 2.45) is 0 Å². The van der Waals surface area contributed by atoms with Gasteiger partial charge < -0.3 is 15.1 Å². The maximum atomic E-state index is 11.6. The molecule has 0 radical (unpaired) electrons. The summed E-state index contributed by atoms with van der Waals surface area (Å²) in [6.07, 6.45) is 0. The summed E-state index contributed by atoms with van der Waals surface area (Å²) in [6, 6.07) is -0.547. The van der Waals surface area contributed by atoms with Crippen molar-refractivity contribution in [1.29, 1.82) is 0 Å². The first kappa shape index (κ1) is 12.0. The van der Waals surface area contributed by atoms with Crippen LogP contribution >= 0.6 is 11.6 Å². The van der Waals surface area contributed by atoms with Crippen molar-refractivity contribution < 1.29 is 14.4 Å². The first-order chi connectivity index (χ1) is 8.11. The maximum absolute atomic E-state index is 11.6. The van der Waals surface area contributed by atoms with E-state index in [1.807, 2.05) is 0 Å². The molecule has 5 amide bonds. The SMILES string of the molecule is O=C(CCl)NC(=O)N1CCN2C(=O)NCC2C1. The van der Waals surface area contributed by atoms with E-state index in [1.165, 1.54) is 4.90 Å². The average Bonchev–Trinajstić information content (AvgIpc) is 2.70. The Bertz CT molecular complexity index is 362. The number of imide groups is 1. The third-order valence-corrected chi connectivity index (χ3v) is 3.13. The first-order valence-electron chi connectivity index (χ1n) is 5.31. The van der Waals surface area contributed by atoms with Gasteiger partial charge in [0.2, 0.25) is 5.91 Å². The smallest absolute Gasteiger partial charge is 0.324 e. The number of fused-ring (bicyclic) bond motifs is 1. The monoisotopic (exact) mass is 260 g/mol. The molecule has 2 heterocycles. The summed E-state index contributed by atoms with van der Waals surface area (Å²) in [5.74, 6) is -0.755. The highest BCUT2D eigenvalue weighted by atomic mass is 35.5. The Morgan fingerprint density at radius 3 is 2.94 bits per heavy atom. The molecule has 2 aliphatic rings. The number of carbonyl (C=O) groups is 3. The lowest BCUT2D eigenvalue weighted by atomic mass is 10.2. The molecule has 0 aromatic heterocycles. The number of nitrogens with one attached hydrogen (secondary N) is 2. The number of urea groups is 2. The fourth-order valence-corrected chi connectivity index (χ4v) is 2.09. The van der Waals surface area contributed by atoms with Crippen LogP contribution in [0.25, 0.3) is 0 Å². The van der Waals surface area contributed by atoms with E-state index < -0.39 is 11.9 Å². The normalized spacial score (nSPS) is 23.1. The summed E-state index contributed by atoms with van der Waals surface area (Å²) >= 11 is 5.30. The maximum Gasteiger partial charge on any atom is 0.324 e. The van der Waals surface area contributed by atoms with Gasteiger partial charge in [-0.2, -0.15) is 0 Å². The zero-order valence-electron chi connectivity index (χ0n) is 9.11. The molecule has 17 heavy (non-hydrogen) atoms. The molecule has 1 unspecified atom stereocenters. The van der Waals surface area contributed by atoms with E-state index in [4.69, 9.17) is 11.6 Å². The quantitative estimate of drug-likeness (QED) is 0.604. The standard InChI is InChI=1S/C9H13ClN4O3/c10-3-7(15)12-9(17)13-1-2-14-6(5-13)4-11-8(14)16/h6H,1-5H2,(H,11,16)(H,12,15,17). The largest absolute Gasteiger partial charge is 0.336 e. The molecule has 0 aromatic carbocycles. The van der Waals surface area contributed by atoms with E-state index in [1.54, 1.807) is 4.90 Å². The van der Waals surface area contributed by atoms with E-state index in [-0.39, 0.29) is 18.0 Å². The lowest BCUT2D eigenvalue weighted by Crippen LogP contribution is -2.56. The van der Waals surface area contributed by atoms with Crippen molar-refractivity contribution in [3.05, 3.63) is 0 Å². The van der Waals surface area contributed by atoms with Gasteiger partial charge in [0, 0.05) is 26.2 Å². The van der Waals surface area contributed by atoms with Gasteiger partial charge >= 0.3 is 12.1 Å². The molecule has 0 saturated carbocycles. The second kappa shape index (κ2) is 4.79. The summed E-state index contributed by atoms with van der Waals surface area (Å²) in [5, 5.41) is 4.90. The second-order valence-electron chi connectivity index (χ2n) is 3.97. The number of amides is 5. The Hall–Kier alpha value is -1.50. The van der Waals surface area contributed by atoms with E-state index in [0.717, 1.165) is 0 Å². The molecule has 2 N–H and O–H groups in total. The highest BCUT2D eigenvalue weighted by Gasteiger charge is 2.37. The van der Waals surface area contributed by atoms with E-state index in [2.05, 4.69) is 10.6 Å². The minimum absolute atomic E-state index is 0.00639. The number of hydrogen-bond donors (Lipinski definition) is 2. The van der Waals surface area contributed by atoms with Crippen molar-refractivity contribution in [2.45, 2.75) is 6.04 Å². The topological polar surface area (TPSA) is 81.8 Å². The molecule has 8 heteroatoms. The third kappa shape index (κ3) is 2.44. The van der Waals surface area contributed by atoms with Crippen molar-refractivity contribution in [3.63, 3.8) is 0 Å². The van der Waals surface area contributed by atoms with Crippen LogP contribution < -0.4 is 10.6 Å². The first-order valence-corrected chi connectivity index (χ1v) is 5.84. The molecule has 7 nitrogen and oxygen atoms in total. The van der Waals surface area contributed by atoms with Crippen LogP contribution in [0.5, 0.6) is 0 Å². The van der Waals surface area contributed by atoms with Gasteiger partial charge in [-0.05, 0) is 0 Å². The predicted octanol–water partition coefficient (Wildman–Crippen LogP) is -0.829. The number of hydrogen-bond acceptors (Lipinski definition) is 3. The lowest BCUT2D eigenvalue weighted by Gasteiger charge is -2.36. The van der Waals surface area contributed by atoms with E-state index >= 15 is 0 Å². The van der Waals surface area contributed by atoms with Crippen molar-refractivity contribution in [1.82, 2.24) is 20.4 Å². The fraction of sp³-hybridized carbons (Fsp3) is 0.667. The molecule has 0 aliphatic carbocycles. The Kier molecular flexibility index (Phi) is 3.37. The van der Waals surface area contributed by atoms with Gasteiger partial charge in [0.25, 0.3) is 0 Å². The van der Waals surface area contributed by atoms with Gasteiger partial charge in [0.15, 0.2) is 0 Å². The highest BCUT2D eigenvalue weighted by Crippen LogP contribution is 2.13. The molecule has 0 bridgehead atoms. The number of rotatable bonds is 1. The molecular weight excluding hydrogens is 248 g/mol. The zero-order chi connectivity index (χ0) is 12.4. The molecule has 94 valence electrons. The summed E-state index contributed by atoms with van der Waals surface area (Å²) in [5.41, 5.74) is 0. The van der Waals surface area contributed by atoms with Crippen LogP contribution in [0, 0.1) is 0 Å². The van der Waals surface area contributed by atoms with E-state index in [9.17, 15) is 14.4 Å². The summed E-state index contributed by atoms with van der Waals surface area (Å²) in [6.45, 7) is 1.87. The van der Waals surface area contributed by atoms with E-state index in [0.29, 0.717) is 26.2 Å². The van der Waals surface area contributed by atoms with Gasteiger partial charge in [-0.1, -0.05) is 0 Å². The minimum Gasteiger partial charge on any atom is -0.336 e. The van der Waals surface area contributed by atoms with Crippen LogP contribution in [0.2, 0.25) is 0 Å². The highest BCUT2D eigenvalue weighted by molar-refractivity contribution is 6.28. The molecule has 0 spiro atoms. The molecule has 2 rings (SSSR count). The van der Waals surface area contributed by atoms with Crippen molar-refractivity contribution >= 4 is 29.6 Å². The number of alkyl halides is 1. The van der Waals surface area contributed by atoms with Crippen LogP contribution in [0.3, 0.4) is 0 Å². The van der Waals surface area contributed by atoms with Gasteiger partial charge in [-0.3, -0.25) is 10.1 Å². The molecule has 0 aromatic rings. The molecular formula is C9H13ClN4O3. The number of carbonyl (C=O) groups excluding carboxylic acids is 3. The second-order valence-corrected chi connectivity index (χ2v) is 4.23. The molecule has 2 fully saturated rings. The zero-order valence-corrected chi connectivity index (χ0v) is 9.87.